The highest BCUT2D eigenvalue weighted by Crippen LogP contribution is 2.22. The average molecular weight is 314 g/mol. The van der Waals surface area contributed by atoms with Crippen LogP contribution in [0.1, 0.15) is 24.9 Å². The highest BCUT2D eigenvalue weighted by Gasteiger charge is 2.28. The lowest BCUT2D eigenvalue weighted by Gasteiger charge is -2.20. The Kier molecular flexibility index (Phi) is 6.71. The summed E-state index contributed by atoms with van der Waals surface area (Å²) >= 11 is 5.65. The smallest absolute Gasteiger partial charge is 0.370 e. The van der Waals surface area contributed by atoms with Crippen molar-refractivity contribution in [3.8, 4) is 0 Å². The summed E-state index contributed by atoms with van der Waals surface area (Å²) in [5.74, 6) is -0.568. The molecule has 1 aromatic carbocycles. The molecule has 0 fully saturated rings. The van der Waals surface area contributed by atoms with Crippen LogP contribution in [0.15, 0.2) is 18.2 Å². The van der Waals surface area contributed by atoms with Crippen molar-refractivity contribution in [2.75, 3.05) is 19.8 Å². The van der Waals surface area contributed by atoms with E-state index in [-0.39, 0.29) is 17.2 Å². The van der Waals surface area contributed by atoms with Crippen molar-refractivity contribution in [2.24, 2.45) is 0 Å². The second-order valence-corrected chi connectivity index (χ2v) is 4.74. The molecule has 7 heteroatoms. The zero-order chi connectivity index (χ0) is 15.2. The Labute approximate surface area is 120 Å². The lowest BCUT2D eigenvalue weighted by molar-refractivity contribution is -0.175. The van der Waals surface area contributed by atoms with Gasteiger partial charge in [-0.15, -0.1) is 0 Å². The van der Waals surface area contributed by atoms with E-state index >= 15 is 0 Å². The number of rotatable bonds is 7. The van der Waals surface area contributed by atoms with Crippen LogP contribution in [-0.2, 0) is 4.74 Å². The topological polar surface area (TPSA) is 21.3 Å². The second kappa shape index (κ2) is 7.81. The number of hydrogen-bond donors (Lipinski definition) is 1. The Balaban J connectivity index is 2.72. The minimum Gasteiger partial charge on any atom is -0.370 e. The SMILES string of the molecule is CCCNC(COCC(F)(F)F)c1ccc(Cl)cc1F. The fourth-order valence-electron chi connectivity index (χ4n) is 1.65. The normalized spacial score (nSPS) is 13.5. The highest BCUT2D eigenvalue weighted by atomic mass is 35.5. The molecule has 1 unspecified atom stereocenters. The van der Waals surface area contributed by atoms with Gasteiger partial charge >= 0.3 is 6.18 Å². The van der Waals surface area contributed by atoms with Crippen molar-refractivity contribution in [1.82, 2.24) is 5.32 Å². The molecule has 0 aliphatic carbocycles. The largest absolute Gasteiger partial charge is 0.411 e. The van der Waals surface area contributed by atoms with Crippen molar-refractivity contribution < 1.29 is 22.3 Å². The van der Waals surface area contributed by atoms with Gasteiger partial charge in [0, 0.05) is 10.6 Å². The first-order chi connectivity index (χ1) is 9.33. The lowest BCUT2D eigenvalue weighted by atomic mass is 10.1. The minimum absolute atomic E-state index is 0.233. The van der Waals surface area contributed by atoms with Crippen LogP contribution in [0, 0.1) is 5.82 Å². The first-order valence-electron chi connectivity index (χ1n) is 6.16. The Bertz CT molecular complexity index is 425. The number of nitrogens with one attached hydrogen (secondary N) is 1. The summed E-state index contributed by atoms with van der Waals surface area (Å²) in [6, 6.07) is 3.42. The zero-order valence-corrected chi connectivity index (χ0v) is 11.7. The van der Waals surface area contributed by atoms with E-state index in [4.69, 9.17) is 11.6 Å². The summed E-state index contributed by atoms with van der Waals surface area (Å²) in [6.07, 6.45) is -3.63. The molecule has 20 heavy (non-hydrogen) atoms. The maximum absolute atomic E-state index is 13.8. The van der Waals surface area contributed by atoms with E-state index in [1.807, 2.05) is 6.92 Å². The quantitative estimate of drug-likeness (QED) is 0.765. The average Bonchev–Trinajstić information content (AvgIpc) is 2.33. The predicted molar refractivity (Wildman–Crippen MR) is 69.3 cm³/mol. The zero-order valence-electron chi connectivity index (χ0n) is 10.9. The molecule has 1 N–H and O–H groups in total. The molecule has 0 spiro atoms. The van der Waals surface area contributed by atoms with Gasteiger partial charge in [-0.05, 0) is 25.1 Å². The van der Waals surface area contributed by atoms with Gasteiger partial charge in [-0.25, -0.2) is 4.39 Å². The molecule has 114 valence electrons. The maximum Gasteiger partial charge on any atom is 0.411 e. The lowest BCUT2D eigenvalue weighted by Crippen LogP contribution is -2.29. The number of hydrogen-bond acceptors (Lipinski definition) is 2. The molecule has 0 aliphatic heterocycles. The van der Waals surface area contributed by atoms with Gasteiger partial charge < -0.3 is 10.1 Å². The van der Waals surface area contributed by atoms with Crippen LogP contribution >= 0.6 is 11.6 Å². The molecule has 2 nitrogen and oxygen atoms in total. The molecule has 1 rings (SSSR count). The van der Waals surface area contributed by atoms with Crippen molar-refractivity contribution in [2.45, 2.75) is 25.6 Å². The van der Waals surface area contributed by atoms with Crippen LogP contribution in [0.2, 0.25) is 5.02 Å². The molecule has 0 bridgehead atoms. The van der Waals surface area contributed by atoms with Gasteiger partial charge in [0.15, 0.2) is 0 Å². The fraction of sp³-hybridized carbons (Fsp3) is 0.538. The van der Waals surface area contributed by atoms with E-state index in [1.165, 1.54) is 12.1 Å². The number of benzene rings is 1. The third-order valence-electron chi connectivity index (χ3n) is 2.53. The van der Waals surface area contributed by atoms with Crippen LogP contribution in [-0.4, -0.2) is 25.9 Å². The minimum atomic E-state index is -4.39. The molecule has 0 saturated carbocycles. The molecule has 0 aliphatic rings. The third-order valence-corrected chi connectivity index (χ3v) is 2.76. The summed E-state index contributed by atoms with van der Waals surface area (Å²) in [4.78, 5) is 0. The summed E-state index contributed by atoms with van der Waals surface area (Å²) in [5, 5.41) is 3.19. The first-order valence-corrected chi connectivity index (χ1v) is 6.54. The Hall–Kier alpha value is -0.850. The molecule has 1 aromatic rings. The first kappa shape index (κ1) is 17.2. The summed E-state index contributed by atoms with van der Waals surface area (Å²) < 4.78 is 54.6. The number of alkyl halides is 3. The fourth-order valence-corrected chi connectivity index (χ4v) is 1.81. The van der Waals surface area contributed by atoms with E-state index in [1.54, 1.807) is 0 Å². The highest BCUT2D eigenvalue weighted by molar-refractivity contribution is 6.30. The van der Waals surface area contributed by atoms with Crippen LogP contribution in [0.25, 0.3) is 0 Å². The second-order valence-electron chi connectivity index (χ2n) is 4.30. The van der Waals surface area contributed by atoms with E-state index in [0.29, 0.717) is 6.54 Å². The van der Waals surface area contributed by atoms with Gasteiger partial charge in [0.1, 0.15) is 12.4 Å². The van der Waals surface area contributed by atoms with Gasteiger partial charge in [-0.3, -0.25) is 0 Å². The molecular formula is C13H16ClF4NO. The monoisotopic (exact) mass is 313 g/mol. The molecule has 0 saturated heterocycles. The van der Waals surface area contributed by atoms with Crippen LogP contribution < -0.4 is 5.32 Å². The van der Waals surface area contributed by atoms with Gasteiger partial charge in [0.05, 0.1) is 12.6 Å². The maximum atomic E-state index is 13.8. The Morgan fingerprint density at radius 1 is 1.35 bits per heavy atom. The third kappa shape index (κ3) is 6.07. The molecule has 0 amide bonds. The van der Waals surface area contributed by atoms with Crippen molar-refractivity contribution in [3.63, 3.8) is 0 Å². The van der Waals surface area contributed by atoms with Crippen molar-refractivity contribution in [3.05, 3.63) is 34.6 Å². The van der Waals surface area contributed by atoms with Gasteiger partial charge in [0.2, 0.25) is 0 Å². The van der Waals surface area contributed by atoms with Crippen LogP contribution in [0.3, 0.4) is 0 Å². The summed E-state index contributed by atoms with van der Waals surface area (Å²) in [7, 11) is 0. The molecule has 1 atom stereocenters. The molecule has 0 aromatic heterocycles. The van der Waals surface area contributed by atoms with E-state index in [2.05, 4.69) is 10.1 Å². The summed E-state index contributed by atoms with van der Waals surface area (Å²) in [6.45, 7) is 0.825. The van der Waals surface area contributed by atoms with Gasteiger partial charge in [-0.2, -0.15) is 13.2 Å². The predicted octanol–water partition coefficient (Wildman–Crippen LogP) is 4.10. The molecule has 0 heterocycles. The molecular weight excluding hydrogens is 298 g/mol. The Morgan fingerprint density at radius 2 is 2.05 bits per heavy atom. The van der Waals surface area contributed by atoms with E-state index < -0.39 is 24.6 Å². The van der Waals surface area contributed by atoms with Crippen LogP contribution in [0.4, 0.5) is 17.6 Å². The number of halogens is 5. The van der Waals surface area contributed by atoms with E-state index in [9.17, 15) is 17.6 Å². The van der Waals surface area contributed by atoms with Crippen molar-refractivity contribution >= 4 is 11.6 Å². The summed E-state index contributed by atoms with van der Waals surface area (Å²) in [5.41, 5.74) is 0.241. The number of ether oxygens (including phenoxy) is 1. The van der Waals surface area contributed by atoms with Crippen LogP contribution in [0.5, 0.6) is 0 Å². The Morgan fingerprint density at radius 3 is 2.60 bits per heavy atom. The standard InChI is InChI=1S/C13H16ClF4NO/c1-2-5-19-12(7-20-8-13(16,17)18)10-4-3-9(14)6-11(10)15/h3-4,6,12,19H,2,5,7-8H2,1H3. The van der Waals surface area contributed by atoms with Gasteiger partial charge in [0.25, 0.3) is 0 Å². The van der Waals surface area contributed by atoms with E-state index in [0.717, 1.165) is 12.5 Å². The molecule has 0 radical (unpaired) electrons. The van der Waals surface area contributed by atoms with Crippen molar-refractivity contribution in [1.29, 1.82) is 0 Å². The van der Waals surface area contributed by atoms with Gasteiger partial charge in [-0.1, -0.05) is 24.6 Å².